The molecule has 1 amide bonds. The fourth-order valence-electron chi connectivity index (χ4n) is 3.28. The molecule has 1 aromatic carbocycles. The zero-order valence-corrected chi connectivity index (χ0v) is 14.4. The topological polar surface area (TPSA) is 58.4 Å². The van der Waals surface area contributed by atoms with Crippen molar-refractivity contribution in [3.8, 4) is 0 Å². The van der Waals surface area contributed by atoms with Crippen molar-refractivity contribution in [1.29, 1.82) is 0 Å². The quantitative estimate of drug-likeness (QED) is 0.848. The molecule has 2 heterocycles. The smallest absolute Gasteiger partial charge is 0.251 e. The fraction of sp³-hybridized carbons (Fsp3) is 0.389. The summed E-state index contributed by atoms with van der Waals surface area (Å²) in [6, 6.07) is 10.2. The molecule has 0 bridgehead atoms. The van der Waals surface area contributed by atoms with Crippen molar-refractivity contribution in [2.24, 2.45) is 0 Å². The van der Waals surface area contributed by atoms with E-state index in [4.69, 9.17) is 5.73 Å². The maximum atomic E-state index is 12.1. The molecule has 3 N–H and O–H groups in total. The van der Waals surface area contributed by atoms with E-state index in [1.165, 1.54) is 10.4 Å². The second-order valence-corrected chi connectivity index (χ2v) is 7.14. The molecule has 122 valence electrons. The van der Waals surface area contributed by atoms with Crippen LogP contribution in [-0.4, -0.2) is 29.9 Å². The first-order chi connectivity index (χ1) is 11.1. The van der Waals surface area contributed by atoms with Crippen LogP contribution < -0.4 is 11.1 Å². The highest BCUT2D eigenvalue weighted by molar-refractivity contribution is 7.10. The summed E-state index contributed by atoms with van der Waals surface area (Å²) < 4.78 is 0. The summed E-state index contributed by atoms with van der Waals surface area (Å²) in [6.07, 6.45) is 1.10. The number of nitrogens with zero attached hydrogens (tertiary/aromatic N) is 1. The Hall–Kier alpha value is -1.85. The SMILES string of the molecule is C[C@H]1Cc2sccc2[C@H](C)N1CCNC(=O)c1ccc(N)cc1. The maximum Gasteiger partial charge on any atom is 0.251 e. The summed E-state index contributed by atoms with van der Waals surface area (Å²) in [4.78, 5) is 16.1. The highest BCUT2D eigenvalue weighted by Crippen LogP contribution is 2.35. The summed E-state index contributed by atoms with van der Waals surface area (Å²) >= 11 is 1.86. The molecule has 1 aliphatic rings. The molecule has 5 heteroatoms. The molecule has 0 spiro atoms. The number of carbonyl (C=O) groups excluding carboxylic acids is 1. The van der Waals surface area contributed by atoms with E-state index in [9.17, 15) is 4.79 Å². The van der Waals surface area contributed by atoms with E-state index in [0.717, 1.165) is 13.0 Å². The van der Waals surface area contributed by atoms with Gasteiger partial charge < -0.3 is 11.1 Å². The van der Waals surface area contributed by atoms with Crippen molar-refractivity contribution < 1.29 is 4.79 Å². The van der Waals surface area contributed by atoms with Gasteiger partial charge in [0.25, 0.3) is 5.91 Å². The number of benzene rings is 1. The van der Waals surface area contributed by atoms with Gasteiger partial charge in [-0.2, -0.15) is 0 Å². The van der Waals surface area contributed by atoms with Crippen LogP contribution in [0, 0.1) is 0 Å². The van der Waals surface area contributed by atoms with Crippen LogP contribution in [0.15, 0.2) is 35.7 Å². The number of nitrogens with two attached hydrogens (primary N) is 1. The molecule has 1 aliphatic heterocycles. The third kappa shape index (κ3) is 3.41. The molecular weight excluding hydrogens is 306 g/mol. The van der Waals surface area contributed by atoms with Gasteiger partial charge in [0.1, 0.15) is 0 Å². The molecule has 0 radical (unpaired) electrons. The van der Waals surface area contributed by atoms with Gasteiger partial charge in [-0.15, -0.1) is 11.3 Å². The highest BCUT2D eigenvalue weighted by Gasteiger charge is 2.29. The van der Waals surface area contributed by atoms with Gasteiger partial charge in [-0.3, -0.25) is 9.69 Å². The second-order valence-electron chi connectivity index (χ2n) is 6.14. The Balaban J connectivity index is 1.56. The van der Waals surface area contributed by atoms with Crippen LogP contribution in [-0.2, 0) is 6.42 Å². The number of anilines is 1. The van der Waals surface area contributed by atoms with E-state index >= 15 is 0 Å². The molecule has 0 unspecified atom stereocenters. The molecule has 1 aromatic heterocycles. The number of amides is 1. The lowest BCUT2D eigenvalue weighted by molar-refractivity contribution is 0.0929. The van der Waals surface area contributed by atoms with Gasteiger partial charge in [0.15, 0.2) is 0 Å². The fourth-order valence-corrected chi connectivity index (χ4v) is 4.37. The standard InChI is InChI=1S/C18H23N3OS/c1-12-11-17-16(7-10-23-17)13(2)21(12)9-8-20-18(22)14-3-5-15(19)6-4-14/h3-7,10,12-13H,8-9,11,19H2,1-2H3,(H,20,22)/t12-,13-/m0/s1. The number of fused-ring (bicyclic) bond motifs is 1. The first-order valence-electron chi connectivity index (χ1n) is 8.02. The van der Waals surface area contributed by atoms with Gasteiger partial charge in [0, 0.05) is 41.3 Å². The normalized spacial score (nSPS) is 21.0. The lowest BCUT2D eigenvalue weighted by atomic mass is 9.96. The zero-order valence-electron chi connectivity index (χ0n) is 13.6. The molecule has 0 saturated carbocycles. The number of nitrogen functional groups attached to an aromatic ring is 1. The van der Waals surface area contributed by atoms with E-state index < -0.39 is 0 Å². The summed E-state index contributed by atoms with van der Waals surface area (Å²) in [5, 5.41) is 5.19. The number of carbonyl (C=O) groups is 1. The van der Waals surface area contributed by atoms with Gasteiger partial charge in [-0.1, -0.05) is 0 Å². The van der Waals surface area contributed by atoms with Gasteiger partial charge in [0.2, 0.25) is 0 Å². The molecular formula is C18H23N3OS. The number of hydrogen-bond donors (Lipinski definition) is 2. The van der Waals surface area contributed by atoms with Gasteiger partial charge in [-0.05, 0) is 61.5 Å². The summed E-state index contributed by atoms with van der Waals surface area (Å²) in [5.41, 5.74) is 8.41. The average Bonchev–Trinajstić information content (AvgIpc) is 2.99. The van der Waals surface area contributed by atoms with E-state index in [1.807, 2.05) is 11.3 Å². The van der Waals surface area contributed by atoms with Crippen molar-refractivity contribution in [3.05, 3.63) is 51.7 Å². The number of hydrogen-bond acceptors (Lipinski definition) is 4. The first kappa shape index (κ1) is 16.0. The molecule has 2 atom stereocenters. The Morgan fingerprint density at radius 1 is 1.30 bits per heavy atom. The van der Waals surface area contributed by atoms with Crippen molar-refractivity contribution in [3.63, 3.8) is 0 Å². The summed E-state index contributed by atoms with van der Waals surface area (Å²) in [6.45, 7) is 6.03. The van der Waals surface area contributed by atoms with Crippen LogP contribution in [0.25, 0.3) is 0 Å². The van der Waals surface area contributed by atoms with E-state index in [-0.39, 0.29) is 5.91 Å². The molecule has 0 saturated heterocycles. The largest absolute Gasteiger partial charge is 0.399 e. The Morgan fingerprint density at radius 3 is 2.78 bits per heavy atom. The molecule has 2 aromatic rings. The number of nitrogens with one attached hydrogen (secondary N) is 1. The lowest BCUT2D eigenvalue weighted by Crippen LogP contribution is -2.44. The van der Waals surface area contributed by atoms with Crippen molar-refractivity contribution in [2.75, 3.05) is 18.8 Å². The lowest BCUT2D eigenvalue weighted by Gasteiger charge is -2.39. The minimum atomic E-state index is -0.0430. The van der Waals surface area contributed by atoms with Crippen molar-refractivity contribution in [1.82, 2.24) is 10.2 Å². The van der Waals surface area contributed by atoms with Crippen LogP contribution in [0.1, 0.15) is 40.7 Å². The third-order valence-corrected chi connectivity index (χ3v) is 5.56. The van der Waals surface area contributed by atoms with Crippen LogP contribution in [0.2, 0.25) is 0 Å². The Bertz CT molecular complexity index is 680. The predicted molar refractivity (Wildman–Crippen MR) is 95.8 cm³/mol. The Morgan fingerprint density at radius 2 is 2.04 bits per heavy atom. The van der Waals surface area contributed by atoms with Crippen LogP contribution in [0.5, 0.6) is 0 Å². The average molecular weight is 329 g/mol. The molecule has 0 fully saturated rings. The predicted octanol–water partition coefficient (Wildman–Crippen LogP) is 3.07. The maximum absolute atomic E-state index is 12.1. The molecule has 0 aliphatic carbocycles. The Kier molecular flexibility index (Phi) is 4.68. The molecule has 4 nitrogen and oxygen atoms in total. The zero-order chi connectivity index (χ0) is 16.4. The number of rotatable bonds is 4. The second kappa shape index (κ2) is 6.72. The van der Waals surface area contributed by atoms with E-state index in [0.29, 0.717) is 29.9 Å². The monoisotopic (exact) mass is 329 g/mol. The Labute approximate surface area is 141 Å². The van der Waals surface area contributed by atoms with E-state index in [1.54, 1.807) is 24.3 Å². The van der Waals surface area contributed by atoms with Crippen molar-refractivity contribution in [2.45, 2.75) is 32.4 Å². The van der Waals surface area contributed by atoms with Crippen LogP contribution in [0.4, 0.5) is 5.69 Å². The van der Waals surface area contributed by atoms with E-state index in [2.05, 4.69) is 35.5 Å². The van der Waals surface area contributed by atoms with Crippen LogP contribution >= 0.6 is 11.3 Å². The molecule has 3 rings (SSSR count). The van der Waals surface area contributed by atoms with Crippen molar-refractivity contribution >= 4 is 22.9 Å². The number of thiophene rings is 1. The summed E-state index contributed by atoms with van der Waals surface area (Å²) in [5.74, 6) is -0.0430. The van der Waals surface area contributed by atoms with Gasteiger partial charge >= 0.3 is 0 Å². The minimum absolute atomic E-state index is 0.0430. The highest BCUT2D eigenvalue weighted by atomic mass is 32.1. The van der Waals surface area contributed by atoms with Crippen LogP contribution in [0.3, 0.4) is 0 Å². The molecule has 23 heavy (non-hydrogen) atoms. The minimum Gasteiger partial charge on any atom is -0.399 e. The first-order valence-corrected chi connectivity index (χ1v) is 8.90. The summed E-state index contributed by atoms with van der Waals surface area (Å²) in [7, 11) is 0. The van der Waals surface area contributed by atoms with Gasteiger partial charge in [0.05, 0.1) is 0 Å². The van der Waals surface area contributed by atoms with Gasteiger partial charge in [-0.25, -0.2) is 0 Å². The third-order valence-electron chi connectivity index (χ3n) is 4.60.